The molecular formula is C43H47FeN6O5S. The molecule has 1 fully saturated rings. The van der Waals surface area contributed by atoms with Gasteiger partial charge in [-0.25, -0.2) is 9.97 Å². The first-order chi connectivity index (χ1) is 25.8. The summed E-state index contributed by atoms with van der Waals surface area (Å²) in [6.45, 7) is 18.3. The number of rotatable bonds is 13. The van der Waals surface area contributed by atoms with Crippen LogP contribution in [0.2, 0.25) is 0 Å². The van der Waals surface area contributed by atoms with E-state index in [-0.39, 0.29) is 86.2 Å². The smallest absolute Gasteiger partial charge is 0.657 e. The van der Waals surface area contributed by atoms with Crippen LogP contribution in [0.5, 0.6) is 0 Å². The van der Waals surface area contributed by atoms with Gasteiger partial charge in [-0.3, -0.25) is 24.1 Å². The zero-order valence-electron chi connectivity index (χ0n) is 32.7. The number of aromatic nitrogens is 4. The minimum Gasteiger partial charge on any atom is -0.657 e. The molecule has 3 aliphatic rings. The Bertz CT molecular complexity index is 2350. The van der Waals surface area contributed by atoms with Crippen LogP contribution in [0.3, 0.4) is 0 Å². The minimum atomic E-state index is -0.909. The van der Waals surface area contributed by atoms with E-state index in [0.29, 0.717) is 34.5 Å². The number of allylic oxidation sites excluding steroid dienone is 5. The fourth-order valence-electron chi connectivity index (χ4n) is 7.23. The molecule has 293 valence electrons. The maximum Gasteiger partial charge on any atom is 3.00 e. The van der Waals surface area contributed by atoms with Gasteiger partial charge in [-0.2, -0.15) is 0 Å². The van der Waals surface area contributed by atoms with Crippen molar-refractivity contribution in [2.24, 2.45) is 0 Å². The molecule has 1 saturated heterocycles. The predicted molar refractivity (Wildman–Crippen MR) is 222 cm³/mol. The molecule has 0 aliphatic carbocycles. The van der Waals surface area contributed by atoms with E-state index in [0.717, 1.165) is 67.0 Å². The van der Waals surface area contributed by atoms with Crippen LogP contribution in [0.1, 0.15) is 91.5 Å². The third kappa shape index (κ3) is 8.70. The van der Waals surface area contributed by atoms with Gasteiger partial charge in [0, 0.05) is 37.9 Å². The topological polar surface area (TPSA) is 158 Å². The fraction of sp³-hybridized carbons (Fsp3) is 0.326. The van der Waals surface area contributed by atoms with Crippen molar-refractivity contribution in [1.82, 2.24) is 30.2 Å². The largest absolute Gasteiger partial charge is 3.00 e. The number of carbonyl (C=O) groups excluding carboxylic acids is 3. The molecular weight excluding hydrogens is 768 g/mol. The maximum atomic E-state index is 13.2. The molecule has 2 N–H and O–H groups in total. The number of amides is 3. The van der Waals surface area contributed by atoms with Crippen LogP contribution in [0.15, 0.2) is 43.5 Å². The van der Waals surface area contributed by atoms with Crippen LogP contribution >= 0.6 is 11.8 Å². The number of likely N-dealkylation sites (tertiary alicyclic amines) is 1. The molecule has 6 heterocycles. The van der Waals surface area contributed by atoms with Gasteiger partial charge in [0.1, 0.15) is 0 Å². The number of aryl methyl sites for hydroxylation is 3. The molecule has 0 saturated carbocycles. The first kappa shape index (κ1) is 43.8. The Balaban J connectivity index is 0.00000348. The van der Waals surface area contributed by atoms with Crippen molar-refractivity contribution in [3.05, 3.63) is 96.0 Å². The van der Waals surface area contributed by atoms with Gasteiger partial charge >= 0.3 is 23.0 Å². The molecule has 11 nitrogen and oxygen atoms in total. The summed E-state index contributed by atoms with van der Waals surface area (Å²) in [6, 6.07) is 7.68. The Morgan fingerprint density at radius 2 is 1.52 bits per heavy atom. The van der Waals surface area contributed by atoms with E-state index >= 15 is 0 Å². The van der Waals surface area contributed by atoms with Gasteiger partial charge in [0.05, 0.1) is 28.0 Å². The number of nitrogens with zero attached hydrogens (tertiary/aromatic N) is 5. The van der Waals surface area contributed by atoms with Gasteiger partial charge in [0.25, 0.3) is 0 Å². The molecule has 3 aliphatic heterocycles. The summed E-state index contributed by atoms with van der Waals surface area (Å²) in [7, 11) is 0. The number of thioether (sulfide) groups is 1. The van der Waals surface area contributed by atoms with E-state index in [1.54, 1.807) is 12.2 Å². The van der Waals surface area contributed by atoms with Crippen LogP contribution < -0.4 is 15.3 Å². The SMILES string of the molecule is C=CC1=C(C)c2cc3[n-]c(cc4nc(cc5[n-]c(cc1n2)c(C)c5CCC(=O)NCCN1C(=O)CC(SCC)C1=O)C(CCC(=O)O)=C4C)c(C)c3C=C.[CH3-].[Fe+3]. The molecule has 8 bridgehead atoms. The Morgan fingerprint density at radius 1 is 0.893 bits per heavy atom. The van der Waals surface area contributed by atoms with E-state index in [4.69, 9.17) is 19.9 Å². The number of carbonyl (C=O) groups is 4. The maximum absolute atomic E-state index is 13.2. The molecule has 1 radical (unpaired) electrons. The normalized spacial score (nSPS) is 15.2. The Kier molecular flexibility index (Phi) is 14.3. The molecule has 3 amide bonds. The number of nitrogens with one attached hydrogen (secondary N) is 1. The molecule has 3 aromatic rings. The monoisotopic (exact) mass is 815 g/mol. The van der Waals surface area contributed by atoms with Crippen LogP contribution in [-0.2, 0) is 42.7 Å². The molecule has 0 spiro atoms. The first-order valence-electron chi connectivity index (χ1n) is 18.1. The Labute approximate surface area is 342 Å². The predicted octanol–water partition coefficient (Wildman–Crippen LogP) is 7.12. The summed E-state index contributed by atoms with van der Waals surface area (Å²) >= 11 is 1.46. The molecule has 13 heteroatoms. The van der Waals surface area contributed by atoms with Crippen LogP contribution in [0.4, 0.5) is 0 Å². The number of carboxylic acids is 1. The van der Waals surface area contributed by atoms with E-state index in [2.05, 4.69) is 18.5 Å². The van der Waals surface area contributed by atoms with Gasteiger partial charge in [0.15, 0.2) is 0 Å². The van der Waals surface area contributed by atoms with Gasteiger partial charge in [-0.05, 0) is 68.6 Å². The van der Waals surface area contributed by atoms with Crippen molar-refractivity contribution in [3.63, 3.8) is 0 Å². The number of hydrogen-bond acceptors (Lipinski definition) is 7. The van der Waals surface area contributed by atoms with Crippen LogP contribution in [0, 0.1) is 21.3 Å². The van der Waals surface area contributed by atoms with Gasteiger partial charge in [0.2, 0.25) is 17.7 Å². The van der Waals surface area contributed by atoms with Crippen molar-refractivity contribution in [1.29, 1.82) is 0 Å². The number of fused-ring (bicyclic) bond motifs is 8. The average Bonchev–Trinajstić information content (AvgIpc) is 3.85. The first-order valence-corrected chi connectivity index (χ1v) is 19.1. The Morgan fingerprint density at radius 3 is 2.20 bits per heavy atom. The number of carboxylic acid groups (broad SMARTS) is 1. The van der Waals surface area contributed by atoms with Gasteiger partial charge in [-0.1, -0.05) is 73.2 Å². The summed E-state index contributed by atoms with van der Waals surface area (Å²) in [6.07, 6.45) is 4.47. The second kappa shape index (κ2) is 18.3. The third-order valence-corrected chi connectivity index (χ3v) is 11.4. The summed E-state index contributed by atoms with van der Waals surface area (Å²) in [5.41, 5.74) is 12.6. The van der Waals surface area contributed by atoms with Gasteiger partial charge < -0.3 is 27.8 Å². The molecule has 1 unspecified atom stereocenters. The molecule has 1 atom stereocenters. The van der Waals surface area contributed by atoms with E-state index in [1.165, 1.54) is 16.7 Å². The Hall–Kier alpha value is -4.97. The summed E-state index contributed by atoms with van der Waals surface area (Å²) < 4.78 is 0. The van der Waals surface area contributed by atoms with E-state index < -0.39 is 5.97 Å². The second-order valence-corrected chi connectivity index (χ2v) is 15.1. The average molecular weight is 816 g/mol. The van der Waals surface area contributed by atoms with Crippen LogP contribution in [0.25, 0.3) is 50.4 Å². The zero-order valence-corrected chi connectivity index (χ0v) is 34.6. The third-order valence-electron chi connectivity index (χ3n) is 10.3. The van der Waals surface area contributed by atoms with Crippen molar-refractivity contribution >= 4 is 85.9 Å². The van der Waals surface area contributed by atoms with Crippen molar-refractivity contribution in [2.75, 3.05) is 18.8 Å². The number of imide groups is 1. The molecule has 6 rings (SSSR count). The molecule has 56 heavy (non-hydrogen) atoms. The number of hydrogen-bond donors (Lipinski definition) is 2. The van der Waals surface area contributed by atoms with Gasteiger partial charge in [-0.15, -0.1) is 33.8 Å². The van der Waals surface area contributed by atoms with E-state index in [9.17, 15) is 24.3 Å². The fourth-order valence-corrected chi connectivity index (χ4v) is 8.17. The molecule has 3 aromatic heterocycles. The standard InChI is InChI=1S/C42H46N6O5S.CH3.Fe/c1-8-26-22(4)30-17-31-25(7)29(12-14-41(51)52)37(46-31)20-36-28(11-13-39(49)43-15-16-48-40(50)21-38(42(48)53)54-10-3)24(6)33(47-36)19-35-27(9-2)23(5)32(45-35)18-34(26)44-30;;/h8-9,17-20,38H,1-2,10-16,21H2,3-7H3,(H4,43,44,45,46,47,49,51,52);1H3;/q;-1;+3/p-2. The minimum absolute atomic E-state index is 0. The summed E-state index contributed by atoms with van der Waals surface area (Å²) in [5.74, 6) is -0.793. The summed E-state index contributed by atoms with van der Waals surface area (Å²) in [5, 5.41) is 12.1. The summed E-state index contributed by atoms with van der Waals surface area (Å²) in [4.78, 5) is 71.2. The molecule has 0 aromatic carbocycles. The van der Waals surface area contributed by atoms with Crippen LogP contribution in [-0.4, -0.2) is 67.8 Å². The van der Waals surface area contributed by atoms with E-state index in [1.807, 2.05) is 58.9 Å². The number of aliphatic carboxylic acids is 1. The quantitative estimate of drug-likeness (QED) is 0.103. The van der Waals surface area contributed by atoms with Crippen molar-refractivity contribution in [3.8, 4) is 0 Å². The second-order valence-electron chi connectivity index (χ2n) is 13.6. The van der Waals surface area contributed by atoms with Crippen molar-refractivity contribution < 1.29 is 41.4 Å². The van der Waals surface area contributed by atoms with Crippen molar-refractivity contribution in [2.45, 2.75) is 72.0 Å². The zero-order chi connectivity index (χ0) is 38.8.